The van der Waals surface area contributed by atoms with Crippen molar-refractivity contribution >= 4 is 60.7 Å². The number of para-hydroxylation sites is 1. The summed E-state index contributed by atoms with van der Waals surface area (Å²) < 4.78 is 126. The number of amides is 2. The van der Waals surface area contributed by atoms with Crippen LogP contribution in [0.15, 0.2) is 60.3 Å². The van der Waals surface area contributed by atoms with E-state index in [9.17, 15) is 53.5 Å². The number of alkyl halides is 3. The number of unbranched alkanes of at least 4 members (excludes halogenated alkanes) is 4. The molecule has 5 rings (SSSR count). The molecule has 2 N–H and O–H groups in total. The molecule has 344 valence electrons. The molecule has 0 spiro atoms. The van der Waals surface area contributed by atoms with Crippen LogP contribution in [0.2, 0.25) is 0 Å². The van der Waals surface area contributed by atoms with Gasteiger partial charge in [-0.1, -0.05) is 51.5 Å². The summed E-state index contributed by atoms with van der Waals surface area (Å²) in [5.74, 6) is -4.08. The Balaban J connectivity index is 1.51. The third-order valence-electron chi connectivity index (χ3n) is 11.3. The molecule has 3 heterocycles. The van der Waals surface area contributed by atoms with E-state index >= 15 is 4.39 Å². The number of allylic oxidation sites excluding steroid dienone is 3. The Morgan fingerprint density at radius 2 is 1.52 bits per heavy atom. The number of carbonyl (C=O) groups is 3. The van der Waals surface area contributed by atoms with Crippen LogP contribution in [0, 0.1) is 5.82 Å². The number of rotatable bonds is 19. The zero-order chi connectivity index (χ0) is 46.5. The Kier molecular flexibility index (Phi) is 15.3. The normalized spacial score (nSPS) is 18.1. The van der Waals surface area contributed by atoms with Crippen molar-refractivity contribution in [2.45, 2.75) is 122 Å². The number of benzene rings is 2. The van der Waals surface area contributed by atoms with Crippen molar-refractivity contribution in [3.8, 4) is 0 Å². The van der Waals surface area contributed by atoms with Gasteiger partial charge in [-0.05, 0) is 80.9 Å². The number of pyridine rings is 1. The van der Waals surface area contributed by atoms with Crippen molar-refractivity contribution in [3.63, 3.8) is 0 Å². The summed E-state index contributed by atoms with van der Waals surface area (Å²) in [4.78, 5) is 42.5. The van der Waals surface area contributed by atoms with Crippen LogP contribution in [-0.4, -0.2) is 66.8 Å². The number of anilines is 1. The van der Waals surface area contributed by atoms with Crippen LogP contribution in [0.1, 0.15) is 121 Å². The zero-order valence-electron chi connectivity index (χ0n) is 35.7. The van der Waals surface area contributed by atoms with Gasteiger partial charge in [0.05, 0.1) is 22.5 Å². The zero-order valence-corrected chi connectivity index (χ0v) is 37.3. The predicted molar refractivity (Wildman–Crippen MR) is 228 cm³/mol. The van der Waals surface area contributed by atoms with Crippen molar-refractivity contribution in [3.05, 3.63) is 88.5 Å². The van der Waals surface area contributed by atoms with E-state index in [0.29, 0.717) is 42.6 Å². The smallest absolute Gasteiger partial charge is 0.344 e. The van der Waals surface area contributed by atoms with Crippen LogP contribution in [0.5, 0.6) is 0 Å². The standard InChI is InChI=1S/C44H53F4N3O10S2/c1-42(2,3)37-27-30(32-16-7-8-17-34(32)49(37)23-10-5-6-19-40(54)61-51-38(52)20-21-39(51)53)15-14-18-36-43(4,22-9-12-25-62(55,56)57)41-33(44(46,47)48)28-31(45)29-35(41)50(36)24-11-13-26-63(58,59)60/h7-8,14-18,27-29H,5-6,9-13,19-26H2,1-4H3,(H-,55,56,57,58,59,60)/p+1. The Morgan fingerprint density at radius 1 is 0.889 bits per heavy atom. The lowest BCUT2D eigenvalue weighted by molar-refractivity contribution is -0.682. The first-order chi connectivity index (χ1) is 29.3. The topological polar surface area (TPSA) is 180 Å². The van der Waals surface area contributed by atoms with Gasteiger partial charge in [0, 0.05) is 66.6 Å². The molecule has 1 aromatic heterocycles. The molecule has 13 nitrogen and oxygen atoms in total. The number of aromatic nitrogens is 1. The third-order valence-corrected chi connectivity index (χ3v) is 12.9. The van der Waals surface area contributed by atoms with Gasteiger partial charge < -0.3 is 9.74 Å². The second kappa shape index (κ2) is 19.6. The Bertz CT molecular complexity index is 2500. The highest BCUT2D eigenvalue weighted by Crippen LogP contribution is 2.55. The van der Waals surface area contributed by atoms with Gasteiger partial charge >= 0.3 is 12.1 Å². The van der Waals surface area contributed by atoms with Gasteiger partial charge in [0.25, 0.3) is 32.1 Å². The van der Waals surface area contributed by atoms with Crippen LogP contribution in [0.4, 0.5) is 23.2 Å². The van der Waals surface area contributed by atoms with Crippen LogP contribution in [0.25, 0.3) is 17.0 Å². The highest BCUT2D eigenvalue weighted by atomic mass is 32.2. The number of imide groups is 1. The number of fused-ring (bicyclic) bond motifs is 2. The van der Waals surface area contributed by atoms with Crippen molar-refractivity contribution in [1.82, 2.24) is 5.06 Å². The lowest BCUT2D eigenvalue weighted by Gasteiger charge is -2.31. The number of nitrogens with zero attached hydrogens (tertiary/aromatic N) is 3. The summed E-state index contributed by atoms with van der Waals surface area (Å²) in [6.45, 7) is 8.28. The summed E-state index contributed by atoms with van der Waals surface area (Å²) in [5, 5.41) is 1.39. The predicted octanol–water partition coefficient (Wildman–Crippen LogP) is 8.15. The number of carbonyl (C=O) groups excluding carboxylic acids is 3. The molecule has 0 saturated carbocycles. The maximum Gasteiger partial charge on any atom is 0.416 e. The fourth-order valence-corrected chi connectivity index (χ4v) is 9.54. The van der Waals surface area contributed by atoms with E-state index in [2.05, 4.69) is 25.3 Å². The van der Waals surface area contributed by atoms with Crippen molar-refractivity contribution in [2.75, 3.05) is 23.0 Å². The molecule has 1 fully saturated rings. The largest absolute Gasteiger partial charge is 0.416 e. The van der Waals surface area contributed by atoms with Crippen molar-refractivity contribution in [2.24, 2.45) is 0 Å². The van der Waals surface area contributed by atoms with E-state index in [-0.39, 0.29) is 74.6 Å². The average Bonchev–Trinajstić information content (AvgIpc) is 3.60. The maximum atomic E-state index is 15.1. The molecule has 2 aromatic carbocycles. The highest BCUT2D eigenvalue weighted by Gasteiger charge is 2.49. The fraction of sp³-hybridized carbons (Fsp3) is 0.500. The molecule has 3 aromatic rings. The van der Waals surface area contributed by atoms with Gasteiger partial charge in [-0.25, -0.2) is 9.18 Å². The summed E-state index contributed by atoms with van der Waals surface area (Å²) in [5.41, 5.74) is -0.358. The van der Waals surface area contributed by atoms with Gasteiger partial charge in [0.1, 0.15) is 12.4 Å². The van der Waals surface area contributed by atoms with E-state index < -0.39 is 72.5 Å². The molecule has 2 aliphatic rings. The van der Waals surface area contributed by atoms with E-state index in [4.69, 9.17) is 4.84 Å². The summed E-state index contributed by atoms with van der Waals surface area (Å²) in [6.07, 6.45) is 2.04. The molecular formula is C44H54F4N3O10S2+. The van der Waals surface area contributed by atoms with Crippen LogP contribution in [0.3, 0.4) is 0 Å². The molecule has 0 bridgehead atoms. The molecule has 0 aliphatic carbocycles. The van der Waals surface area contributed by atoms with E-state index in [1.165, 1.54) is 4.90 Å². The molecule has 1 saturated heterocycles. The van der Waals surface area contributed by atoms with Gasteiger partial charge in [0.2, 0.25) is 5.52 Å². The number of hydrogen-bond donors (Lipinski definition) is 2. The van der Waals surface area contributed by atoms with Gasteiger partial charge in [0.15, 0.2) is 5.69 Å². The monoisotopic (exact) mass is 924 g/mol. The Morgan fingerprint density at radius 3 is 2.14 bits per heavy atom. The summed E-state index contributed by atoms with van der Waals surface area (Å²) >= 11 is 0. The Labute approximate surface area is 365 Å². The molecule has 0 radical (unpaired) electrons. The second-order valence-corrected chi connectivity index (χ2v) is 20.4. The number of halogens is 4. The Hall–Kier alpha value is -4.72. The molecular weight excluding hydrogens is 871 g/mol. The first-order valence-electron chi connectivity index (χ1n) is 20.8. The quantitative estimate of drug-likeness (QED) is 0.0390. The molecule has 19 heteroatoms. The van der Waals surface area contributed by atoms with Crippen LogP contribution < -0.4 is 9.47 Å². The minimum Gasteiger partial charge on any atom is -0.344 e. The van der Waals surface area contributed by atoms with Gasteiger partial charge in [-0.2, -0.15) is 34.6 Å². The molecule has 1 unspecified atom stereocenters. The number of aryl methyl sites for hydroxylation is 1. The first-order valence-corrected chi connectivity index (χ1v) is 24.0. The lowest BCUT2D eigenvalue weighted by Crippen LogP contribution is -2.44. The highest BCUT2D eigenvalue weighted by molar-refractivity contribution is 7.86. The maximum absolute atomic E-state index is 15.1. The van der Waals surface area contributed by atoms with Gasteiger partial charge in [-0.15, -0.1) is 5.06 Å². The molecule has 2 amide bonds. The summed E-state index contributed by atoms with van der Waals surface area (Å²) in [7, 11) is -8.70. The second-order valence-electron chi connectivity index (χ2n) is 17.2. The van der Waals surface area contributed by atoms with E-state index in [1.807, 2.05) is 36.4 Å². The van der Waals surface area contributed by atoms with Gasteiger partial charge in [-0.3, -0.25) is 18.7 Å². The van der Waals surface area contributed by atoms with Crippen molar-refractivity contribution in [1.29, 1.82) is 0 Å². The molecule has 63 heavy (non-hydrogen) atoms. The SMILES string of the molecule is CC(C)(C)c1cc(C=CC=C2N(CCCCS(=O)(=O)O)c3cc(F)cc(C(F)(F)F)c3C2(C)CCCCS(=O)(=O)O)c2ccccc2[n+]1CCCCCC(=O)ON1C(=O)CCC1=O. The lowest BCUT2D eigenvalue weighted by atomic mass is 9.75. The van der Waals surface area contributed by atoms with Crippen molar-refractivity contribution < 1.29 is 67.3 Å². The average molecular weight is 925 g/mol. The first kappa shape index (κ1) is 49.3. The molecule has 1 atom stereocenters. The fourth-order valence-electron chi connectivity index (χ4n) is 8.40. The number of hydroxylamine groups is 2. The number of hydrogen-bond acceptors (Lipinski definition) is 9. The summed E-state index contributed by atoms with van der Waals surface area (Å²) in [6, 6.07) is 11.1. The third kappa shape index (κ3) is 12.5. The van der Waals surface area contributed by atoms with Crippen LogP contribution >= 0.6 is 0 Å². The molecule has 2 aliphatic heterocycles. The van der Waals surface area contributed by atoms with Crippen LogP contribution in [-0.2, 0) is 63.0 Å². The minimum atomic E-state index is -4.98. The van der Waals surface area contributed by atoms with E-state index in [1.54, 1.807) is 19.1 Å². The van der Waals surface area contributed by atoms with E-state index in [0.717, 1.165) is 28.2 Å². The minimum absolute atomic E-state index is 0.00896.